The lowest BCUT2D eigenvalue weighted by Crippen LogP contribution is -1.75. The van der Waals surface area contributed by atoms with Gasteiger partial charge in [0, 0.05) is 12.4 Å². The number of pyridine rings is 1. The van der Waals surface area contributed by atoms with Gasteiger partial charge in [0.1, 0.15) is 6.61 Å². The fourth-order valence-corrected chi connectivity index (χ4v) is 0.313. The van der Waals surface area contributed by atoms with E-state index >= 15 is 0 Å². The summed E-state index contributed by atoms with van der Waals surface area (Å²) in [5.41, 5.74) is 0. The number of aromatic nitrogens is 1. The first kappa shape index (κ1) is 8.78. The van der Waals surface area contributed by atoms with E-state index in [-0.39, 0.29) is 0 Å². The third-order valence-corrected chi connectivity index (χ3v) is 0.631. The Labute approximate surface area is 59.3 Å². The van der Waals surface area contributed by atoms with E-state index in [9.17, 15) is 0 Å². The number of carbonyl (C=O) groups excluding carboxylic acids is 1. The third-order valence-electron chi connectivity index (χ3n) is 0.631. The molecular weight excluding hydrogens is 130 g/mol. The number of hydrogen-bond acceptors (Lipinski definition) is 3. The minimum atomic E-state index is -0.486. The van der Waals surface area contributed by atoms with Crippen LogP contribution in [0, 0.1) is 0 Å². The zero-order chi connectivity index (χ0) is 7.66. The van der Waals surface area contributed by atoms with Crippen LogP contribution in [-0.4, -0.2) is 23.0 Å². The molecule has 1 aromatic heterocycles. The molecule has 1 N–H and O–H groups in total. The quantitative estimate of drug-likeness (QED) is 0.601. The molecule has 0 fully saturated rings. The molecule has 1 radical (unpaired) electrons. The summed E-state index contributed by atoms with van der Waals surface area (Å²) < 4.78 is 0. The Kier molecular flexibility index (Phi) is 6.83. The number of rotatable bonds is 1. The summed E-state index contributed by atoms with van der Waals surface area (Å²) >= 11 is 0. The van der Waals surface area contributed by atoms with E-state index in [0.29, 0.717) is 0 Å². The van der Waals surface area contributed by atoms with Crippen molar-refractivity contribution in [1.82, 2.24) is 4.98 Å². The van der Waals surface area contributed by atoms with E-state index in [4.69, 9.17) is 9.90 Å². The zero-order valence-electron chi connectivity index (χ0n) is 5.40. The molecule has 0 aliphatic carbocycles. The second-order valence-electron chi connectivity index (χ2n) is 1.33. The van der Waals surface area contributed by atoms with Crippen molar-refractivity contribution in [2.24, 2.45) is 0 Å². The molecule has 3 nitrogen and oxygen atoms in total. The summed E-state index contributed by atoms with van der Waals surface area (Å²) in [4.78, 5) is 12.6. The van der Waals surface area contributed by atoms with Crippen LogP contribution in [0.15, 0.2) is 30.6 Å². The Morgan fingerprint density at radius 1 is 1.30 bits per heavy atom. The van der Waals surface area contributed by atoms with Crippen molar-refractivity contribution < 1.29 is 9.90 Å². The molecule has 10 heavy (non-hydrogen) atoms. The van der Waals surface area contributed by atoms with Gasteiger partial charge in [-0.3, -0.25) is 9.78 Å². The topological polar surface area (TPSA) is 50.2 Å². The van der Waals surface area contributed by atoms with Crippen LogP contribution < -0.4 is 0 Å². The summed E-state index contributed by atoms with van der Waals surface area (Å²) in [6.07, 6.45) is 4.74. The van der Waals surface area contributed by atoms with Crippen LogP contribution in [0.1, 0.15) is 0 Å². The molecule has 0 saturated heterocycles. The van der Waals surface area contributed by atoms with Gasteiger partial charge in [-0.05, 0) is 12.1 Å². The van der Waals surface area contributed by atoms with Crippen LogP contribution in [-0.2, 0) is 4.79 Å². The second-order valence-corrected chi connectivity index (χ2v) is 1.33. The van der Waals surface area contributed by atoms with Crippen LogP contribution in [0.3, 0.4) is 0 Å². The van der Waals surface area contributed by atoms with Crippen molar-refractivity contribution in [1.29, 1.82) is 0 Å². The highest BCUT2D eigenvalue weighted by atomic mass is 16.3. The predicted molar refractivity (Wildman–Crippen MR) is 37.0 cm³/mol. The summed E-state index contributed by atoms with van der Waals surface area (Å²) in [5, 5.41) is 7.45. The van der Waals surface area contributed by atoms with Crippen molar-refractivity contribution in [3.8, 4) is 0 Å². The number of aliphatic hydroxyl groups excluding tert-OH is 1. The molecule has 0 saturated carbocycles. The predicted octanol–water partition coefficient (Wildman–Crippen LogP) is 0.170. The second kappa shape index (κ2) is 7.78. The maximum absolute atomic E-state index is 8.80. The normalized spacial score (nSPS) is 7.30. The van der Waals surface area contributed by atoms with Gasteiger partial charge >= 0.3 is 0 Å². The van der Waals surface area contributed by atoms with E-state index in [0.717, 1.165) is 0 Å². The third kappa shape index (κ3) is 6.78. The summed E-state index contributed by atoms with van der Waals surface area (Å²) in [6, 6.07) is 5.72. The zero-order valence-corrected chi connectivity index (χ0v) is 5.40. The van der Waals surface area contributed by atoms with Gasteiger partial charge < -0.3 is 5.11 Å². The first-order valence-corrected chi connectivity index (χ1v) is 2.72. The minimum absolute atomic E-state index is 0.486. The summed E-state index contributed by atoms with van der Waals surface area (Å²) in [6.45, 7) is -0.486. The van der Waals surface area contributed by atoms with Gasteiger partial charge in [-0.1, -0.05) is 6.07 Å². The van der Waals surface area contributed by atoms with E-state index in [1.807, 2.05) is 18.2 Å². The van der Waals surface area contributed by atoms with Crippen molar-refractivity contribution in [2.45, 2.75) is 0 Å². The Morgan fingerprint density at radius 3 is 1.90 bits per heavy atom. The molecule has 0 unspecified atom stereocenters. The molecule has 0 aromatic carbocycles. The van der Waals surface area contributed by atoms with Crippen molar-refractivity contribution >= 4 is 6.29 Å². The standard InChI is InChI=1S/C5H5N.C2H3O2/c1-2-4-6-5-3-1;3-1-2-4/h1-5H;3H,1H2. The number of aliphatic hydroxyl groups is 1. The molecule has 0 bridgehead atoms. The Bertz CT molecular complexity index is 126. The lowest BCUT2D eigenvalue weighted by molar-refractivity contribution is 0.346. The maximum atomic E-state index is 8.80. The largest absolute Gasteiger partial charge is 0.388 e. The molecule has 0 spiro atoms. The van der Waals surface area contributed by atoms with Crippen LogP contribution >= 0.6 is 0 Å². The maximum Gasteiger partial charge on any atom is 0.226 e. The minimum Gasteiger partial charge on any atom is -0.388 e. The highest BCUT2D eigenvalue weighted by Gasteiger charge is 1.58. The molecule has 3 heteroatoms. The van der Waals surface area contributed by atoms with Gasteiger partial charge in [0.25, 0.3) is 0 Å². The smallest absolute Gasteiger partial charge is 0.226 e. The van der Waals surface area contributed by atoms with Crippen LogP contribution in [0.25, 0.3) is 0 Å². The van der Waals surface area contributed by atoms with Crippen molar-refractivity contribution in [3.05, 3.63) is 30.6 Å². The summed E-state index contributed by atoms with van der Waals surface area (Å²) in [5.74, 6) is 0. The average Bonchev–Trinajstić information content (AvgIpc) is 2.08. The molecule has 0 aliphatic heterocycles. The molecular formula is C7H8NO2. The van der Waals surface area contributed by atoms with Gasteiger partial charge in [0.05, 0.1) is 0 Å². The van der Waals surface area contributed by atoms with E-state index in [1.165, 1.54) is 6.29 Å². The van der Waals surface area contributed by atoms with Gasteiger partial charge in [-0.25, -0.2) is 0 Å². The van der Waals surface area contributed by atoms with Crippen molar-refractivity contribution in [3.63, 3.8) is 0 Å². The van der Waals surface area contributed by atoms with Crippen LogP contribution in [0.5, 0.6) is 0 Å². The van der Waals surface area contributed by atoms with Crippen LogP contribution in [0.4, 0.5) is 0 Å². The van der Waals surface area contributed by atoms with Gasteiger partial charge in [-0.2, -0.15) is 0 Å². The molecule has 0 aliphatic rings. The lowest BCUT2D eigenvalue weighted by atomic mass is 10.5. The van der Waals surface area contributed by atoms with E-state index in [1.54, 1.807) is 12.4 Å². The lowest BCUT2D eigenvalue weighted by Gasteiger charge is -1.70. The highest BCUT2D eigenvalue weighted by Crippen LogP contribution is 1.73. The average molecular weight is 138 g/mol. The van der Waals surface area contributed by atoms with Crippen molar-refractivity contribution in [2.75, 3.05) is 6.61 Å². The van der Waals surface area contributed by atoms with Gasteiger partial charge in [0.15, 0.2) is 0 Å². The fourth-order valence-electron chi connectivity index (χ4n) is 0.313. The molecule has 53 valence electrons. The van der Waals surface area contributed by atoms with Gasteiger partial charge in [0.2, 0.25) is 6.29 Å². The molecule has 1 heterocycles. The molecule has 1 aromatic rings. The summed E-state index contributed by atoms with van der Waals surface area (Å²) in [7, 11) is 0. The Balaban J connectivity index is 0.000000180. The van der Waals surface area contributed by atoms with Crippen LogP contribution in [0.2, 0.25) is 0 Å². The first-order valence-electron chi connectivity index (χ1n) is 2.72. The number of hydrogen-bond donors (Lipinski definition) is 1. The van der Waals surface area contributed by atoms with Gasteiger partial charge in [-0.15, -0.1) is 0 Å². The molecule has 0 amide bonds. The molecule has 0 atom stereocenters. The molecule has 1 rings (SSSR count). The Morgan fingerprint density at radius 2 is 1.80 bits per heavy atom. The van der Waals surface area contributed by atoms with E-state index < -0.39 is 6.61 Å². The monoisotopic (exact) mass is 138 g/mol. The van der Waals surface area contributed by atoms with E-state index in [2.05, 4.69) is 4.98 Å². The fraction of sp³-hybridized carbons (Fsp3) is 0.143. The first-order chi connectivity index (χ1) is 4.91. The Hall–Kier alpha value is -1.22. The highest BCUT2D eigenvalue weighted by molar-refractivity contribution is 5.51. The SMILES string of the molecule is O=[C]CO.c1ccncc1. The number of nitrogens with zero attached hydrogens (tertiary/aromatic N) is 1.